The van der Waals surface area contributed by atoms with E-state index in [9.17, 15) is 9.90 Å². The first-order valence-electron chi connectivity index (χ1n) is 9.33. The van der Waals surface area contributed by atoms with Crippen LogP contribution in [0, 0.1) is 0 Å². The van der Waals surface area contributed by atoms with Gasteiger partial charge in [-0.2, -0.15) is 0 Å². The van der Waals surface area contributed by atoms with E-state index in [0.717, 1.165) is 11.3 Å². The van der Waals surface area contributed by atoms with Crippen LogP contribution in [0.3, 0.4) is 0 Å². The molecule has 0 saturated heterocycles. The number of benzene rings is 1. The van der Waals surface area contributed by atoms with E-state index in [-0.39, 0.29) is 18.9 Å². The number of anilines is 1. The molecule has 0 saturated carbocycles. The van der Waals surface area contributed by atoms with Gasteiger partial charge in [-0.3, -0.25) is 19.8 Å². The maximum absolute atomic E-state index is 11.7. The molecule has 0 radical (unpaired) electrons. The molecule has 1 aromatic heterocycles. The van der Waals surface area contributed by atoms with Gasteiger partial charge in [0, 0.05) is 28.9 Å². The Balaban J connectivity index is 2.11. The quantitative estimate of drug-likeness (QED) is 0.708. The monoisotopic (exact) mass is 414 g/mol. The highest BCUT2D eigenvalue weighted by atomic mass is 35.5. The molecule has 1 aromatic carbocycles. The number of esters is 1. The normalized spacial score (nSPS) is 18.3. The third-order valence-electron chi connectivity index (χ3n) is 4.38. The zero-order valence-electron chi connectivity index (χ0n) is 16.3. The van der Waals surface area contributed by atoms with Gasteiger partial charge in [0.15, 0.2) is 0 Å². The first-order chi connectivity index (χ1) is 14.0. The lowest BCUT2D eigenvalue weighted by Gasteiger charge is -2.16. The summed E-state index contributed by atoms with van der Waals surface area (Å²) in [4.78, 5) is 25.6. The second-order valence-corrected chi connectivity index (χ2v) is 7.15. The van der Waals surface area contributed by atoms with Crippen LogP contribution in [0.5, 0.6) is 0 Å². The number of rotatable bonds is 6. The summed E-state index contributed by atoms with van der Waals surface area (Å²) in [5, 5.41) is 13.6. The van der Waals surface area contributed by atoms with Gasteiger partial charge >= 0.3 is 5.97 Å². The van der Waals surface area contributed by atoms with E-state index < -0.39 is 12.1 Å². The van der Waals surface area contributed by atoms with E-state index in [1.807, 2.05) is 30.3 Å². The van der Waals surface area contributed by atoms with Gasteiger partial charge in [-0.25, -0.2) is 0 Å². The number of nitrogens with zero attached hydrogens (tertiary/aromatic N) is 3. The summed E-state index contributed by atoms with van der Waals surface area (Å²) in [6.07, 6.45) is 1.69. The number of hydrogen-bond donors (Lipinski definition) is 2. The van der Waals surface area contributed by atoms with E-state index in [4.69, 9.17) is 21.3 Å². The molecule has 1 aliphatic heterocycles. The molecule has 0 fully saturated rings. The molecule has 29 heavy (non-hydrogen) atoms. The van der Waals surface area contributed by atoms with Gasteiger partial charge in [0.05, 0.1) is 31.2 Å². The highest BCUT2D eigenvalue weighted by molar-refractivity contribution is 6.32. The molecule has 0 amide bonds. The van der Waals surface area contributed by atoms with Crippen LogP contribution >= 0.6 is 11.6 Å². The predicted molar refractivity (Wildman–Crippen MR) is 114 cm³/mol. The highest BCUT2D eigenvalue weighted by Gasteiger charge is 2.26. The number of carbonyl (C=O) groups is 1. The van der Waals surface area contributed by atoms with Gasteiger partial charge in [0.25, 0.3) is 0 Å². The Hall–Kier alpha value is -2.77. The average Bonchev–Trinajstić information content (AvgIpc) is 2.87. The number of carbonyl (C=O) groups excluding carboxylic acids is 1. The number of aromatic nitrogens is 1. The topological polar surface area (TPSA) is 96.2 Å². The van der Waals surface area contributed by atoms with Gasteiger partial charge in [-0.1, -0.05) is 17.7 Å². The Morgan fingerprint density at radius 1 is 1.38 bits per heavy atom. The number of ether oxygens (including phenoxy) is 1. The van der Waals surface area contributed by atoms with Crippen LogP contribution in [-0.4, -0.2) is 53.4 Å². The Morgan fingerprint density at radius 2 is 2.21 bits per heavy atom. The highest BCUT2D eigenvalue weighted by Crippen LogP contribution is 2.28. The molecular weight excluding hydrogens is 392 g/mol. The van der Waals surface area contributed by atoms with Crippen molar-refractivity contribution in [2.75, 3.05) is 19.0 Å². The minimum absolute atomic E-state index is 0.187. The molecule has 0 aliphatic carbocycles. The zero-order chi connectivity index (χ0) is 20.8. The molecule has 1 aliphatic rings. The van der Waals surface area contributed by atoms with Crippen molar-refractivity contribution in [3.8, 4) is 0 Å². The van der Waals surface area contributed by atoms with Gasteiger partial charge < -0.3 is 15.2 Å². The van der Waals surface area contributed by atoms with Gasteiger partial charge in [-0.05, 0) is 43.7 Å². The number of aliphatic imine (C=N–C) groups is 2. The molecule has 152 valence electrons. The van der Waals surface area contributed by atoms with Crippen LogP contribution in [-0.2, 0) is 9.53 Å². The lowest BCUT2D eigenvalue weighted by atomic mass is 10.0. The minimum atomic E-state index is -0.599. The molecule has 2 N–H and O–H groups in total. The SMILES string of the molecule is COC(=O)CC[C@@H]1N=C(c2ccccn2)c2cc(Cl)ccc2NC1=NCC(C)O. The third kappa shape index (κ3) is 5.40. The van der Waals surface area contributed by atoms with Crippen molar-refractivity contribution in [2.24, 2.45) is 9.98 Å². The van der Waals surface area contributed by atoms with Crippen molar-refractivity contribution < 1.29 is 14.6 Å². The summed E-state index contributed by atoms with van der Waals surface area (Å²) in [5.74, 6) is 0.253. The second kappa shape index (κ2) is 9.62. The first kappa shape index (κ1) is 21.0. The number of fused-ring (bicyclic) bond motifs is 1. The second-order valence-electron chi connectivity index (χ2n) is 6.71. The summed E-state index contributed by atoms with van der Waals surface area (Å²) in [7, 11) is 1.36. The molecule has 3 rings (SSSR count). The maximum atomic E-state index is 11.7. The summed E-state index contributed by atoms with van der Waals surface area (Å²) < 4.78 is 4.78. The van der Waals surface area contributed by atoms with E-state index >= 15 is 0 Å². The average molecular weight is 415 g/mol. The Morgan fingerprint density at radius 3 is 2.90 bits per heavy atom. The number of aliphatic hydroxyl groups excluding tert-OH is 1. The number of aliphatic hydroxyl groups is 1. The summed E-state index contributed by atoms with van der Waals surface area (Å²) in [6, 6.07) is 10.6. The number of benzodiazepines with no additional fused rings is 1. The van der Waals surface area contributed by atoms with E-state index in [1.165, 1.54) is 7.11 Å². The Labute approximate surface area is 174 Å². The van der Waals surface area contributed by atoms with Crippen LogP contribution in [0.15, 0.2) is 52.6 Å². The van der Waals surface area contributed by atoms with Crippen molar-refractivity contribution in [1.29, 1.82) is 0 Å². The molecule has 2 aromatic rings. The molecule has 0 bridgehead atoms. The maximum Gasteiger partial charge on any atom is 0.305 e. The van der Waals surface area contributed by atoms with Gasteiger partial charge in [-0.15, -0.1) is 0 Å². The van der Waals surface area contributed by atoms with Crippen LogP contribution in [0.2, 0.25) is 5.02 Å². The predicted octanol–water partition coefficient (Wildman–Crippen LogP) is 3.10. The molecule has 0 spiro atoms. The molecule has 2 atom stereocenters. The van der Waals surface area contributed by atoms with Crippen molar-refractivity contribution in [3.05, 3.63) is 58.9 Å². The fraction of sp³-hybridized carbons (Fsp3) is 0.333. The Kier molecular flexibility index (Phi) is 6.95. The van der Waals surface area contributed by atoms with Crippen LogP contribution in [0.1, 0.15) is 31.0 Å². The zero-order valence-corrected chi connectivity index (χ0v) is 17.1. The van der Waals surface area contributed by atoms with Crippen molar-refractivity contribution in [3.63, 3.8) is 0 Å². The molecule has 1 unspecified atom stereocenters. The smallest absolute Gasteiger partial charge is 0.305 e. The molecule has 2 heterocycles. The fourth-order valence-corrected chi connectivity index (χ4v) is 3.14. The minimum Gasteiger partial charge on any atom is -0.469 e. The van der Waals surface area contributed by atoms with Crippen LogP contribution in [0.4, 0.5) is 5.69 Å². The van der Waals surface area contributed by atoms with E-state index in [0.29, 0.717) is 28.7 Å². The molecule has 7 nitrogen and oxygen atoms in total. The summed E-state index contributed by atoms with van der Waals surface area (Å²) in [6.45, 7) is 1.88. The van der Waals surface area contributed by atoms with Crippen molar-refractivity contribution in [1.82, 2.24) is 4.98 Å². The summed E-state index contributed by atoms with van der Waals surface area (Å²) in [5.41, 5.74) is 2.93. The van der Waals surface area contributed by atoms with Crippen LogP contribution in [0.25, 0.3) is 0 Å². The van der Waals surface area contributed by atoms with E-state index in [1.54, 1.807) is 19.2 Å². The number of methoxy groups -OCH3 is 1. The first-order valence-corrected chi connectivity index (χ1v) is 9.71. The third-order valence-corrected chi connectivity index (χ3v) is 4.62. The standard InChI is InChI=1S/C21H23ClN4O3/c1-13(27)12-24-21-18(8-9-19(28)29-2)25-20(17-5-3-4-10-23-17)15-11-14(22)6-7-16(15)26-21/h3-7,10-11,13,18,27H,8-9,12H2,1-2H3,(H,24,26)/t13?,18-/m0/s1. The Bertz CT molecular complexity index is 929. The number of amidine groups is 1. The number of halogens is 1. The van der Waals surface area contributed by atoms with Gasteiger partial charge in [0.2, 0.25) is 0 Å². The van der Waals surface area contributed by atoms with E-state index in [2.05, 4.69) is 15.3 Å². The van der Waals surface area contributed by atoms with Crippen LogP contribution < -0.4 is 5.32 Å². The number of pyridine rings is 1. The largest absolute Gasteiger partial charge is 0.469 e. The van der Waals surface area contributed by atoms with Crippen molar-refractivity contribution >= 4 is 34.8 Å². The number of nitrogens with one attached hydrogen (secondary N) is 1. The van der Waals surface area contributed by atoms with Gasteiger partial charge in [0.1, 0.15) is 11.9 Å². The number of hydrogen-bond acceptors (Lipinski definition) is 6. The molecular formula is C21H23ClN4O3. The molecule has 8 heteroatoms. The lowest BCUT2D eigenvalue weighted by molar-refractivity contribution is -0.140. The summed E-state index contributed by atoms with van der Waals surface area (Å²) >= 11 is 6.25. The lowest BCUT2D eigenvalue weighted by Crippen LogP contribution is -2.28. The fourth-order valence-electron chi connectivity index (χ4n) is 2.97. The van der Waals surface area contributed by atoms with Crippen molar-refractivity contribution in [2.45, 2.75) is 31.9 Å².